The van der Waals surface area contributed by atoms with Crippen molar-refractivity contribution in [3.8, 4) is 0 Å². The standard InChI is InChI=1S/C8H14O2/c9-6-10-8-3-1-7(5-8)2-4-8/h7,9H,1-6H2. The fourth-order valence-electron chi connectivity index (χ4n) is 2.48. The van der Waals surface area contributed by atoms with E-state index in [1.165, 1.54) is 32.1 Å². The minimum Gasteiger partial charge on any atom is -0.371 e. The Bertz CT molecular complexity index is 125. The maximum absolute atomic E-state index is 8.62. The molecule has 2 aliphatic carbocycles. The molecule has 0 atom stereocenters. The minimum absolute atomic E-state index is 0.0906. The molecule has 0 aromatic rings. The summed E-state index contributed by atoms with van der Waals surface area (Å²) in [5.41, 5.74) is 0.111. The number of aliphatic hydroxyl groups excluding tert-OH is 1. The summed E-state index contributed by atoms with van der Waals surface area (Å²) in [5, 5.41) is 8.62. The predicted molar refractivity (Wildman–Crippen MR) is 37.5 cm³/mol. The van der Waals surface area contributed by atoms with Crippen molar-refractivity contribution in [3.63, 3.8) is 0 Å². The van der Waals surface area contributed by atoms with Gasteiger partial charge in [-0.2, -0.15) is 0 Å². The number of fused-ring (bicyclic) bond motifs is 2. The zero-order chi connectivity index (χ0) is 7.03. The second-order valence-corrected chi connectivity index (χ2v) is 3.60. The van der Waals surface area contributed by atoms with Gasteiger partial charge in [0, 0.05) is 0 Å². The number of ether oxygens (including phenoxy) is 1. The van der Waals surface area contributed by atoms with Crippen LogP contribution in [-0.2, 0) is 4.74 Å². The highest BCUT2D eigenvalue weighted by atomic mass is 16.6. The molecule has 0 aromatic heterocycles. The largest absolute Gasteiger partial charge is 0.371 e. The van der Waals surface area contributed by atoms with Gasteiger partial charge in [-0.05, 0) is 38.0 Å². The summed E-state index contributed by atoms with van der Waals surface area (Å²) in [7, 11) is 0. The summed E-state index contributed by atoms with van der Waals surface area (Å²) in [6, 6.07) is 0. The van der Waals surface area contributed by atoms with Crippen LogP contribution in [0, 0.1) is 5.92 Å². The topological polar surface area (TPSA) is 29.5 Å². The van der Waals surface area contributed by atoms with Crippen molar-refractivity contribution in [2.75, 3.05) is 6.79 Å². The fourth-order valence-corrected chi connectivity index (χ4v) is 2.48. The van der Waals surface area contributed by atoms with Crippen LogP contribution in [0.4, 0.5) is 0 Å². The first kappa shape index (κ1) is 6.62. The third-order valence-corrected chi connectivity index (χ3v) is 3.05. The molecule has 10 heavy (non-hydrogen) atoms. The summed E-state index contributed by atoms with van der Waals surface area (Å²) < 4.78 is 5.34. The van der Waals surface area contributed by atoms with Crippen molar-refractivity contribution in [1.29, 1.82) is 0 Å². The van der Waals surface area contributed by atoms with Crippen LogP contribution >= 0.6 is 0 Å². The number of aliphatic hydroxyl groups is 1. The molecule has 2 nitrogen and oxygen atoms in total. The van der Waals surface area contributed by atoms with E-state index in [4.69, 9.17) is 9.84 Å². The molecule has 2 bridgehead atoms. The SMILES string of the molecule is OCOC12CCC(CC1)C2. The predicted octanol–water partition coefficient (Wildman–Crippen LogP) is 1.29. The lowest BCUT2D eigenvalue weighted by molar-refractivity contribution is -0.110. The van der Waals surface area contributed by atoms with E-state index in [0.29, 0.717) is 0 Å². The van der Waals surface area contributed by atoms with Gasteiger partial charge >= 0.3 is 0 Å². The van der Waals surface area contributed by atoms with Crippen LogP contribution in [0.15, 0.2) is 0 Å². The number of hydrogen-bond donors (Lipinski definition) is 1. The molecule has 0 unspecified atom stereocenters. The van der Waals surface area contributed by atoms with Crippen molar-refractivity contribution < 1.29 is 9.84 Å². The van der Waals surface area contributed by atoms with Gasteiger partial charge in [0.25, 0.3) is 0 Å². The van der Waals surface area contributed by atoms with Gasteiger partial charge in [-0.25, -0.2) is 0 Å². The van der Waals surface area contributed by atoms with Crippen molar-refractivity contribution in [3.05, 3.63) is 0 Å². The number of rotatable bonds is 2. The Hall–Kier alpha value is -0.0800. The van der Waals surface area contributed by atoms with E-state index in [1.54, 1.807) is 0 Å². The Kier molecular flexibility index (Phi) is 1.46. The highest BCUT2D eigenvalue weighted by Crippen LogP contribution is 2.49. The van der Waals surface area contributed by atoms with E-state index in [2.05, 4.69) is 0 Å². The van der Waals surface area contributed by atoms with Crippen LogP contribution in [-0.4, -0.2) is 17.5 Å². The molecule has 0 aliphatic heterocycles. The van der Waals surface area contributed by atoms with E-state index in [0.717, 1.165) is 5.92 Å². The molecule has 2 fully saturated rings. The average molecular weight is 142 g/mol. The Morgan fingerprint density at radius 1 is 1.40 bits per heavy atom. The molecule has 0 heterocycles. The average Bonchev–Trinajstić information content (AvgIpc) is 2.46. The molecule has 0 radical (unpaired) electrons. The molecular formula is C8H14O2. The molecule has 2 rings (SSSR count). The van der Waals surface area contributed by atoms with Crippen molar-refractivity contribution in [1.82, 2.24) is 0 Å². The zero-order valence-electron chi connectivity index (χ0n) is 6.18. The van der Waals surface area contributed by atoms with Crippen LogP contribution in [0.2, 0.25) is 0 Å². The van der Waals surface area contributed by atoms with Crippen molar-refractivity contribution in [2.45, 2.75) is 37.7 Å². The first-order valence-corrected chi connectivity index (χ1v) is 4.09. The molecule has 1 N–H and O–H groups in total. The first-order valence-electron chi connectivity index (χ1n) is 4.09. The lowest BCUT2D eigenvalue weighted by atomic mass is 9.97. The third-order valence-electron chi connectivity index (χ3n) is 3.05. The van der Waals surface area contributed by atoms with Gasteiger partial charge in [0.15, 0.2) is 0 Å². The lowest BCUT2D eigenvalue weighted by Gasteiger charge is -2.25. The van der Waals surface area contributed by atoms with Crippen molar-refractivity contribution >= 4 is 0 Å². The molecule has 2 aliphatic rings. The molecule has 0 amide bonds. The number of hydrogen-bond acceptors (Lipinski definition) is 2. The molecule has 2 heteroatoms. The first-order chi connectivity index (χ1) is 4.85. The van der Waals surface area contributed by atoms with Crippen LogP contribution in [0.3, 0.4) is 0 Å². The Morgan fingerprint density at radius 2 is 2.10 bits per heavy atom. The highest BCUT2D eigenvalue weighted by Gasteiger charge is 2.45. The van der Waals surface area contributed by atoms with E-state index >= 15 is 0 Å². The fraction of sp³-hybridized carbons (Fsp3) is 1.00. The van der Waals surface area contributed by atoms with Gasteiger partial charge in [0.1, 0.15) is 6.79 Å². The molecule has 58 valence electrons. The van der Waals surface area contributed by atoms with E-state index < -0.39 is 0 Å². The minimum atomic E-state index is -0.0906. The summed E-state index contributed by atoms with van der Waals surface area (Å²) >= 11 is 0. The quantitative estimate of drug-likeness (QED) is 0.588. The van der Waals surface area contributed by atoms with Gasteiger partial charge in [0.05, 0.1) is 5.60 Å². The molecular weight excluding hydrogens is 128 g/mol. The van der Waals surface area contributed by atoms with Gasteiger partial charge in [-0.1, -0.05) is 0 Å². The maximum Gasteiger partial charge on any atom is 0.144 e. The van der Waals surface area contributed by atoms with Crippen molar-refractivity contribution in [2.24, 2.45) is 5.92 Å². The highest BCUT2D eigenvalue weighted by molar-refractivity contribution is 4.97. The molecule has 2 saturated carbocycles. The zero-order valence-corrected chi connectivity index (χ0v) is 6.18. The second-order valence-electron chi connectivity index (χ2n) is 3.60. The third kappa shape index (κ3) is 0.867. The van der Waals surface area contributed by atoms with Gasteiger partial charge in [-0.3, -0.25) is 0 Å². The second kappa shape index (κ2) is 2.21. The summed E-state index contributed by atoms with van der Waals surface area (Å²) in [5.74, 6) is 0.909. The van der Waals surface area contributed by atoms with Gasteiger partial charge < -0.3 is 9.84 Å². The summed E-state index contributed by atoms with van der Waals surface area (Å²) in [6.45, 7) is -0.0906. The van der Waals surface area contributed by atoms with Crippen LogP contribution in [0.25, 0.3) is 0 Å². The molecule has 0 aromatic carbocycles. The van der Waals surface area contributed by atoms with E-state index in [-0.39, 0.29) is 12.4 Å². The molecule has 0 spiro atoms. The lowest BCUT2D eigenvalue weighted by Crippen LogP contribution is -2.26. The summed E-state index contributed by atoms with van der Waals surface area (Å²) in [4.78, 5) is 0. The van der Waals surface area contributed by atoms with Crippen LogP contribution in [0.5, 0.6) is 0 Å². The normalized spacial score (nSPS) is 44.7. The Balaban J connectivity index is 2.01. The van der Waals surface area contributed by atoms with E-state index in [9.17, 15) is 0 Å². The van der Waals surface area contributed by atoms with Gasteiger partial charge in [-0.15, -0.1) is 0 Å². The Labute approximate surface area is 61.2 Å². The van der Waals surface area contributed by atoms with Gasteiger partial charge in [0.2, 0.25) is 0 Å². The van der Waals surface area contributed by atoms with Crippen LogP contribution in [0.1, 0.15) is 32.1 Å². The molecule has 0 saturated heterocycles. The van der Waals surface area contributed by atoms with E-state index in [1.807, 2.05) is 0 Å². The summed E-state index contributed by atoms with van der Waals surface area (Å²) in [6.07, 6.45) is 6.20. The monoisotopic (exact) mass is 142 g/mol. The van der Waals surface area contributed by atoms with Crippen LogP contribution < -0.4 is 0 Å². The maximum atomic E-state index is 8.62. The smallest absolute Gasteiger partial charge is 0.144 e. The Morgan fingerprint density at radius 3 is 2.50 bits per heavy atom.